The molecule has 0 spiro atoms. The van der Waals surface area contributed by atoms with Gasteiger partial charge in [0.25, 0.3) is 0 Å². The van der Waals surface area contributed by atoms with Crippen molar-refractivity contribution in [1.82, 2.24) is 20.9 Å². The number of urea groups is 1. The van der Waals surface area contributed by atoms with Crippen molar-refractivity contribution >= 4 is 18.0 Å². The van der Waals surface area contributed by atoms with Crippen LogP contribution in [-0.2, 0) is 9.53 Å². The van der Waals surface area contributed by atoms with Gasteiger partial charge in [0.15, 0.2) is 0 Å². The van der Waals surface area contributed by atoms with E-state index >= 15 is 0 Å². The molecule has 2 aliphatic rings. The van der Waals surface area contributed by atoms with Crippen LogP contribution in [0.3, 0.4) is 0 Å². The van der Waals surface area contributed by atoms with Gasteiger partial charge in [0.05, 0.1) is 12.6 Å². The van der Waals surface area contributed by atoms with Crippen LogP contribution in [0.5, 0.6) is 0 Å². The smallest absolute Gasteiger partial charge is 0.407 e. The number of hydrogen-bond donors (Lipinski definition) is 4. The second kappa shape index (κ2) is 10.7. The van der Waals surface area contributed by atoms with E-state index in [2.05, 4.69) is 16.0 Å². The van der Waals surface area contributed by atoms with Gasteiger partial charge in [-0.1, -0.05) is 0 Å². The number of carbonyl (C=O) groups is 3. The molecular weight excluding hydrogens is 374 g/mol. The Morgan fingerprint density at radius 2 is 1.62 bits per heavy atom. The molecule has 1 saturated carbocycles. The van der Waals surface area contributed by atoms with Gasteiger partial charge in [0, 0.05) is 30.7 Å². The third kappa shape index (κ3) is 9.34. The molecule has 0 unspecified atom stereocenters. The lowest BCUT2D eigenvalue weighted by Crippen LogP contribution is -2.52. The van der Waals surface area contributed by atoms with Crippen molar-refractivity contribution < 1.29 is 19.1 Å². The summed E-state index contributed by atoms with van der Waals surface area (Å²) < 4.78 is 5.12. The van der Waals surface area contributed by atoms with E-state index in [0.717, 1.165) is 32.1 Å². The normalized spacial score (nSPS) is 18.7. The van der Waals surface area contributed by atoms with Crippen LogP contribution < -0.4 is 21.7 Å². The lowest BCUT2D eigenvalue weighted by molar-refractivity contribution is -0.133. The zero-order valence-corrected chi connectivity index (χ0v) is 18.0. The minimum atomic E-state index is -0.541. The van der Waals surface area contributed by atoms with Crippen molar-refractivity contribution in [3.05, 3.63) is 0 Å². The van der Waals surface area contributed by atoms with E-state index in [9.17, 15) is 14.4 Å². The molecule has 2 fully saturated rings. The minimum Gasteiger partial charge on any atom is -0.450 e. The Kier molecular flexibility index (Phi) is 8.55. The Labute approximate surface area is 173 Å². The van der Waals surface area contributed by atoms with E-state index in [-0.39, 0.29) is 23.5 Å². The van der Waals surface area contributed by atoms with Gasteiger partial charge in [-0.25, -0.2) is 9.59 Å². The van der Waals surface area contributed by atoms with E-state index in [1.54, 1.807) is 4.90 Å². The lowest BCUT2D eigenvalue weighted by atomic mass is 10.0. The summed E-state index contributed by atoms with van der Waals surface area (Å²) in [5.41, 5.74) is 5.74. The topological polar surface area (TPSA) is 126 Å². The van der Waals surface area contributed by atoms with Gasteiger partial charge in [-0.2, -0.15) is 0 Å². The number of likely N-dealkylation sites (tertiary alicyclic amines) is 1. The molecule has 29 heavy (non-hydrogen) atoms. The van der Waals surface area contributed by atoms with Gasteiger partial charge in [-0.15, -0.1) is 0 Å². The highest BCUT2D eigenvalue weighted by Crippen LogP contribution is 2.18. The van der Waals surface area contributed by atoms with Crippen molar-refractivity contribution in [2.24, 2.45) is 5.73 Å². The van der Waals surface area contributed by atoms with Gasteiger partial charge in [-0.05, 0) is 65.7 Å². The number of nitrogens with zero attached hydrogens (tertiary/aromatic N) is 1. The van der Waals surface area contributed by atoms with E-state index in [0.29, 0.717) is 38.6 Å². The van der Waals surface area contributed by atoms with Gasteiger partial charge in [0.2, 0.25) is 5.91 Å². The molecule has 9 heteroatoms. The van der Waals surface area contributed by atoms with Crippen LogP contribution in [0, 0.1) is 0 Å². The number of unbranched alkanes of at least 4 members (excludes halogenated alkanes) is 1. The molecule has 1 atom stereocenters. The largest absolute Gasteiger partial charge is 0.450 e. The molecule has 0 aromatic carbocycles. The third-order valence-electron chi connectivity index (χ3n) is 4.99. The lowest BCUT2D eigenvalue weighted by Gasteiger charge is -2.33. The molecule has 5 N–H and O–H groups in total. The standard InChI is InChI=1S/C20H37N5O4/c1-20(2,3)24-19(28)29-13-5-4-6-16(21)17(26)25-11-9-15(10-12-25)23-18(27)22-14-7-8-14/h14-16H,4-13,21H2,1-3H3,(H,24,28)(H2,22,23,27)/t16-/m1/s1. The molecule has 0 radical (unpaired) electrons. The minimum absolute atomic E-state index is 0.0442. The zero-order valence-electron chi connectivity index (χ0n) is 18.0. The number of rotatable bonds is 8. The predicted molar refractivity (Wildman–Crippen MR) is 110 cm³/mol. The Morgan fingerprint density at radius 1 is 1.03 bits per heavy atom. The Balaban J connectivity index is 1.55. The quantitative estimate of drug-likeness (QED) is 0.450. The van der Waals surface area contributed by atoms with Gasteiger partial charge < -0.3 is 31.3 Å². The number of piperidine rings is 1. The van der Waals surface area contributed by atoms with Crippen molar-refractivity contribution in [2.75, 3.05) is 19.7 Å². The first-order chi connectivity index (χ1) is 13.6. The number of nitrogens with two attached hydrogens (primary N) is 1. The van der Waals surface area contributed by atoms with Crippen LogP contribution in [0.4, 0.5) is 9.59 Å². The average molecular weight is 412 g/mol. The maximum Gasteiger partial charge on any atom is 0.407 e. The van der Waals surface area contributed by atoms with Crippen molar-refractivity contribution in [1.29, 1.82) is 0 Å². The highest BCUT2D eigenvalue weighted by Gasteiger charge is 2.28. The molecule has 2 rings (SSSR count). The van der Waals surface area contributed by atoms with Crippen LogP contribution in [0.1, 0.15) is 65.7 Å². The Bertz CT molecular complexity index is 566. The summed E-state index contributed by atoms with van der Waals surface area (Å²) in [4.78, 5) is 37.7. The fourth-order valence-corrected chi connectivity index (χ4v) is 3.22. The first-order valence-corrected chi connectivity index (χ1v) is 10.7. The molecule has 0 aromatic rings. The summed E-state index contributed by atoms with van der Waals surface area (Å²) >= 11 is 0. The molecule has 1 heterocycles. The van der Waals surface area contributed by atoms with E-state index < -0.39 is 12.1 Å². The number of amides is 4. The van der Waals surface area contributed by atoms with Gasteiger partial charge in [-0.3, -0.25) is 4.79 Å². The summed E-state index contributed by atoms with van der Waals surface area (Å²) in [6.45, 7) is 7.19. The molecule has 4 amide bonds. The van der Waals surface area contributed by atoms with E-state index in [1.165, 1.54) is 0 Å². The number of hydrogen-bond acceptors (Lipinski definition) is 5. The molecule has 166 valence electrons. The highest BCUT2D eigenvalue weighted by molar-refractivity contribution is 5.81. The van der Waals surface area contributed by atoms with Gasteiger partial charge in [0.1, 0.15) is 0 Å². The van der Waals surface area contributed by atoms with Crippen LogP contribution >= 0.6 is 0 Å². The number of alkyl carbamates (subject to hydrolysis) is 1. The maximum atomic E-state index is 12.5. The van der Waals surface area contributed by atoms with Crippen LogP contribution in [-0.4, -0.2) is 66.3 Å². The highest BCUT2D eigenvalue weighted by atomic mass is 16.5. The fourth-order valence-electron chi connectivity index (χ4n) is 3.22. The molecule has 0 aromatic heterocycles. The van der Waals surface area contributed by atoms with E-state index in [4.69, 9.17) is 10.5 Å². The second-order valence-electron chi connectivity index (χ2n) is 9.10. The van der Waals surface area contributed by atoms with Crippen molar-refractivity contribution in [3.8, 4) is 0 Å². The molecule has 1 aliphatic carbocycles. The number of nitrogens with one attached hydrogen (secondary N) is 3. The molecule has 9 nitrogen and oxygen atoms in total. The number of ether oxygens (including phenoxy) is 1. The van der Waals surface area contributed by atoms with Gasteiger partial charge >= 0.3 is 12.1 Å². The summed E-state index contributed by atoms with van der Waals surface area (Å²) in [5.74, 6) is -0.0442. The van der Waals surface area contributed by atoms with E-state index in [1.807, 2.05) is 20.8 Å². The summed E-state index contributed by atoms with van der Waals surface area (Å²) in [5, 5.41) is 8.63. The first-order valence-electron chi connectivity index (χ1n) is 10.7. The van der Waals surface area contributed by atoms with Crippen molar-refractivity contribution in [3.63, 3.8) is 0 Å². The Morgan fingerprint density at radius 3 is 2.17 bits per heavy atom. The average Bonchev–Trinajstić information content (AvgIpc) is 3.43. The number of carbonyl (C=O) groups excluding carboxylic acids is 3. The fraction of sp³-hybridized carbons (Fsp3) is 0.850. The van der Waals surface area contributed by atoms with Crippen LogP contribution in [0.2, 0.25) is 0 Å². The molecular formula is C20H37N5O4. The summed E-state index contributed by atoms with van der Waals surface area (Å²) in [7, 11) is 0. The molecule has 0 bridgehead atoms. The molecule has 1 saturated heterocycles. The zero-order chi connectivity index (χ0) is 21.4. The Hall–Kier alpha value is -2.03. The summed E-state index contributed by atoms with van der Waals surface area (Å²) in [6.07, 6.45) is 5.13. The SMILES string of the molecule is CC(C)(C)NC(=O)OCCCC[C@@H](N)C(=O)N1CCC(NC(=O)NC2CC2)CC1. The van der Waals surface area contributed by atoms with Crippen LogP contribution in [0.15, 0.2) is 0 Å². The second-order valence-corrected chi connectivity index (χ2v) is 9.10. The monoisotopic (exact) mass is 411 g/mol. The third-order valence-corrected chi connectivity index (χ3v) is 4.99. The first kappa shape index (κ1) is 23.3. The maximum absolute atomic E-state index is 12.5. The summed E-state index contributed by atoms with van der Waals surface area (Å²) in [6, 6.07) is -0.202. The van der Waals surface area contributed by atoms with Crippen LogP contribution in [0.25, 0.3) is 0 Å². The predicted octanol–water partition coefficient (Wildman–Crippen LogP) is 1.46. The molecule has 1 aliphatic heterocycles. The van der Waals surface area contributed by atoms with Crippen molar-refractivity contribution in [2.45, 2.75) is 89.4 Å².